The van der Waals surface area contributed by atoms with Gasteiger partial charge in [-0.15, -0.1) is 11.8 Å². The number of nitrogens with zero attached hydrogens (tertiary/aromatic N) is 6. The minimum absolute atomic E-state index is 0.0328. The second-order valence-electron chi connectivity index (χ2n) is 34.4. The third-order valence-electron chi connectivity index (χ3n) is 24.4. The van der Waals surface area contributed by atoms with Gasteiger partial charge in [0, 0.05) is 156 Å². The Bertz CT molecular complexity index is 5020. The Morgan fingerprint density at radius 2 is 1.14 bits per heavy atom. The van der Waals surface area contributed by atoms with E-state index in [9.17, 15) is 53.1 Å². The van der Waals surface area contributed by atoms with Crippen molar-refractivity contribution < 1.29 is 86.6 Å². The number of para-hydroxylation sites is 2. The lowest BCUT2D eigenvalue weighted by atomic mass is 9.82. The van der Waals surface area contributed by atoms with Crippen LogP contribution >= 0.6 is 11.8 Å². The number of aliphatic hydroxyl groups is 1. The van der Waals surface area contributed by atoms with E-state index in [1.807, 2.05) is 19.9 Å². The molecule has 0 unspecified atom stereocenters. The number of primary amides is 2. The fraction of sp³-hybridized carbons (Fsp3) is 0.533. The molecule has 2 saturated heterocycles. The Kier molecular flexibility index (Phi) is 40.0. The number of nitrogens with one attached hydrogen (secondary N) is 11. The molecule has 2 fully saturated rings. The molecule has 2 aliphatic heterocycles. The van der Waals surface area contributed by atoms with Crippen LogP contribution in [0.15, 0.2) is 104 Å². The van der Waals surface area contributed by atoms with Gasteiger partial charge in [0.05, 0.1) is 62.2 Å². The molecular weight excluding hydrogens is 1710 g/mol. The maximum absolute atomic E-state index is 15.7. The number of guanidine groups is 1. The summed E-state index contributed by atoms with van der Waals surface area (Å²) in [4.78, 5) is 268. The summed E-state index contributed by atoms with van der Waals surface area (Å²) in [7, 11) is 5.42. The maximum atomic E-state index is 15.7. The van der Waals surface area contributed by atoms with Crippen molar-refractivity contribution in [1.29, 1.82) is 5.41 Å². The number of aromatic amines is 3. The summed E-state index contributed by atoms with van der Waals surface area (Å²) >= 11 is 0.824. The molecule has 3 aromatic carbocycles. The number of likely N-dealkylation sites (N-methyl/N-ethyl adjacent to an activating group) is 4. The minimum atomic E-state index is -1.69. The molecule has 5 heterocycles. The summed E-state index contributed by atoms with van der Waals surface area (Å²) in [5, 5.41) is 39.1. The molecular formula is C92H128N20O18S. The normalized spacial score (nSPS) is 23.8. The summed E-state index contributed by atoms with van der Waals surface area (Å²) in [5.74, 6) is -20.4. The van der Waals surface area contributed by atoms with Crippen molar-refractivity contribution in [2.75, 3.05) is 72.5 Å². The van der Waals surface area contributed by atoms with E-state index in [0.29, 0.717) is 69.9 Å². The average Bonchev–Trinajstić information content (AvgIpc) is 1.73. The number of thioether (sulfide) groups is 1. The monoisotopic (exact) mass is 1830 g/mol. The van der Waals surface area contributed by atoms with Gasteiger partial charge in [-0.25, -0.2) is 4.98 Å². The number of ketones is 4. The third-order valence-corrected chi connectivity index (χ3v) is 25.4. The number of carbonyl (C=O) groups excluding carboxylic acids is 17. The molecule has 18 N–H and O–H groups in total. The fourth-order valence-electron chi connectivity index (χ4n) is 16.7. The predicted octanol–water partition coefficient (Wildman–Crippen LogP) is 1.83. The quantitative estimate of drug-likeness (QED) is 0.0221. The fourth-order valence-corrected chi connectivity index (χ4v) is 17.5. The van der Waals surface area contributed by atoms with E-state index in [-0.39, 0.29) is 83.1 Å². The molecule has 131 heavy (non-hydrogen) atoms. The van der Waals surface area contributed by atoms with Crippen molar-refractivity contribution in [3.05, 3.63) is 126 Å². The van der Waals surface area contributed by atoms with Gasteiger partial charge in [-0.1, -0.05) is 120 Å². The number of hydrogen-bond acceptors (Lipinski definition) is 21. The van der Waals surface area contributed by atoms with Crippen LogP contribution in [0.1, 0.15) is 153 Å². The zero-order chi connectivity index (χ0) is 95.9. The van der Waals surface area contributed by atoms with Crippen LogP contribution in [-0.2, 0) is 107 Å². The number of H-pyrrole nitrogens is 3. The van der Waals surface area contributed by atoms with Gasteiger partial charge in [0.15, 0.2) is 23.3 Å². The number of amides is 13. The first-order chi connectivity index (χ1) is 62.4. The van der Waals surface area contributed by atoms with Crippen molar-refractivity contribution in [3.63, 3.8) is 0 Å². The van der Waals surface area contributed by atoms with E-state index < -0.39 is 247 Å². The van der Waals surface area contributed by atoms with Crippen LogP contribution in [-0.4, -0.2) is 282 Å². The molecule has 39 heteroatoms. The zero-order valence-corrected chi connectivity index (χ0v) is 76.8. The van der Waals surface area contributed by atoms with E-state index in [0.717, 1.165) is 21.6 Å². The van der Waals surface area contributed by atoms with Gasteiger partial charge in [0.2, 0.25) is 76.8 Å². The summed E-state index contributed by atoms with van der Waals surface area (Å²) in [5.41, 5.74) is 20.3. The highest BCUT2D eigenvalue weighted by atomic mass is 32.2. The number of rotatable bonds is 25. The van der Waals surface area contributed by atoms with Crippen LogP contribution in [0.25, 0.3) is 21.8 Å². The largest absolute Gasteiger partial charge is 0.396 e. The van der Waals surface area contributed by atoms with Crippen molar-refractivity contribution in [3.8, 4) is 0 Å². The number of aromatic nitrogens is 4. The van der Waals surface area contributed by atoms with Gasteiger partial charge in [0.25, 0.3) is 0 Å². The smallest absolute Gasteiger partial charge is 0.246 e. The van der Waals surface area contributed by atoms with Gasteiger partial charge in [0.1, 0.15) is 42.0 Å². The van der Waals surface area contributed by atoms with Gasteiger partial charge in [-0.2, -0.15) is 0 Å². The number of Topliss-reactive ketones (excluding diaryl/α,β-unsaturated/α-hetero) is 4. The molecule has 2 aliphatic rings. The molecule has 710 valence electrons. The number of aliphatic hydroxyl groups excluding tert-OH is 1. The molecule has 0 bridgehead atoms. The van der Waals surface area contributed by atoms with Crippen molar-refractivity contribution >= 4 is 139 Å². The second kappa shape index (κ2) is 50.5. The maximum Gasteiger partial charge on any atom is 0.246 e. The van der Waals surface area contributed by atoms with Crippen molar-refractivity contribution in [2.24, 2.45) is 46.8 Å². The molecule has 3 aromatic heterocycles. The van der Waals surface area contributed by atoms with E-state index in [2.05, 4.69) is 57.2 Å². The van der Waals surface area contributed by atoms with E-state index in [4.69, 9.17) is 22.6 Å². The second-order valence-corrected chi connectivity index (χ2v) is 35.4. The SMILES string of the molecule is CCCC[C@@H]1C(=O)N(C)[C@@H](CCCC)C(=O)C[C@@H](CCCNC(=N)N)C(=O)N[C@H](C(=O)NCC(N)=O)CSCC(=O)N[C@@H](Cc2ccccc2)C(=O)N(C)[C@@H](C)C(=O)N[C@@H](CC(N)=O)C(=O)N2CCC[C@H]2C(=O)C[C@@H](Cc2cnc[nH]2)C(=O)C[C@@H](C(C)C)C(=O)N(C)CC(=O)N[C@@H](Cc2c[nH]c3ccccc23)C(=O)C[C@@H](CO)C(=O)N[C@@H](Cc2c[nH]c3ccccc23)C(=O)N1C. The number of imidazole rings is 1. The highest BCUT2D eigenvalue weighted by Gasteiger charge is 2.44. The molecule has 8 rings (SSSR count). The average molecular weight is 1830 g/mol. The summed E-state index contributed by atoms with van der Waals surface area (Å²) < 4.78 is 0. The number of hydrogen-bond donors (Lipinski definition) is 15. The van der Waals surface area contributed by atoms with Gasteiger partial charge >= 0.3 is 0 Å². The van der Waals surface area contributed by atoms with Crippen LogP contribution in [0, 0.1) is 35.0 Å². The lowest BCUT2D eigenvalue weighted by Gasteiger charge is -2.36. The van der Waals surface area contributed by atoms with Crippen LogP contribution in [0.2, 0.25) is 0 Å². The number of unbranched alkanes of at least 4 members (excludes halogenated alkanes) is 2. The summed E-state index contributed by atoms with van der Waals surface area (Å²) in [6.45, 7) is 6.20. The Labute approximate surface area is 765 Å². The Balaban J connectivity index is 1.18. The summed E-state index contributed by atoms with van der Waals surface area (Å²) in [6.07, 6.45) is 5.01. The predicted molar refractivity (Wildman–Crippen MR) is 490 cm³/mol. The Morgan fingerprint density at radius 3 is 1.74 bits per heavy atom. The number of fused-ring (bicyclic) bond motifs is 3. The van der Waals surface area contributed by atoms with E-state index >= 15 is 33.6 Å². The molecule has 38 nitrogen and oxygen atoms in total. The van der Waals surface area contributed by atoms with Crippen LogP contribution in [0.4, 0.5) is 0 Å². The number of benzene rings is 3. The minimum Gasteiger partial charge on any atom is -0.396 e. The highest BCUT2D eigenvalue weighted by Crippen LogP contribution is 2.31. The molecule has 0 saturated carbocycles. The van der Waals surface area contributed by atoms with Crippen LogP contribution < -0.4 is 54.4 Å². The first-order valence-electron chi connectivity index (χ1n) is 44.6. The van der Waals surface area contributed by atoms with E-state index in [1.54, 1.807) is 99.0 Å². The van der Waals surface area contributed by atoms with Crippen molar-refractivity contribution in [2.45, 2.75) is 211 Å². The standard InChI is InChI=1S/C92H128N20O18S/c1-10-12-30-72-77(116)39-56(25-21-33-98-92(95)96)84(123)107-71(86(125)101-47-80(94)119)50-131-51-82(121)104-68(35-55-23-15-14-16-24-55)88(127)109(7)54(5)83(122)105-70(43-79(93)118)90(129)112-34-22-32-73(112)78(117)40-57(36-61-46-97-52-102-61)75(114)42-64(53(3)4)87(126)108(6)48-81(120)103-67(37-58-44-99-65-28-19-17-26-62(58)65)76(115)41-60(49-113)85(124)106-69(38-59-45-100-66-29-20-18-27-63(59)66)89(128)111(9)74(31-13-11-2)91(130)110(72)8/h14-20,23-24,26-29,44-46,52-54,56-57,60,64,67-74,99-100,113H,10-13,21-22,25,30-43,47-51H2,1-9H3,(H2,93,118)(H2,94,119)(H,97,102)(H,101,125)(H,103,120)(H,104,121)(H,105,122)(H,106,124)(H,107,123)(H4,95,96,98)/t54-,56+,57+,60-,64-,67-,68-,69-,70-,71-,72-,73-,74+/m0/s1. The molecule has 0 aliphatic carbocycles. The first-order valence-corrected chi connectivity index (χ1v) is 45.8. The number of nitrogens with two attached hydrogens (primary N) is 3. The Hall–Kier alpha value is -12.7. The lowest BCUT2D eigenvalue weighted by molar-refractivity contribution is -0.149. The molecule has 0 spiro atoms. The van der Waals surface area contributed by atoms with E-state index in [1.165, 1.54) is 62.3 Å². The topological polar surface area (TPSA) is 573 Å². The molecule has 6 aromatic rings. The van der Waals surface area contributed by atoms with Crippen LogP contribution in [0.5, 0.6) is 0 Å². The summed E-state index contributed by atoms with van der Waals surface area (Å²) in [6, 6.07) is 10.1. The first kappa shape index (κ1) is 104. The van der Waals surface area contributed by atoms with Gasteiger partial charge in [-0.3, -0.25) is 86.9 Å². The molecule has 0 radical (unpaired) electrons. The van der Waals surface area contributed by atoms with Crippen molar-refractivity contribution in [1.82, 2.24) is 81.7 Å². The lowest BCUT2D eigenvalue weighted by Crippen LogP contribution is -2.58. The van der Waals surface area contributed by atoms with Crippen LogP contribution in [0.3, 0.4) is 0 Å². The number of carbonyl (C=O) groups is 17. The van der Waals surface area contributed by atoms with Gasteiger partial charge in [-0.05, 0) is 86.6 Å². The highest BCUT2D eigenvalue weighted by molar-refractivity contribution is 8.00. The molecule has 13 atom stereocenters. The Morgan fingerprint density at radius 1 is 0.565 bits per heavy atom. The van der Waals surface area contributed by atoms with Gasteiger partial charge < -0.3 is 99.0 Å². The zero-order valence-electron chi connectivity index (χ0n) is 76.0. The third kappa shape index (κ3) is 29.9. The molecule has 13 amide bonds.